The minimum absolute atomic E-state index is 0.365. The molecule has 4 rings (SSSR count). The molecule has 4 aliphatic heterocycles. The lowest BCUT2D eigenvalue weighted by molar-refractivity contribution is -0.114. The maximum Gasteiger partial charge on any atom is 0.153 e. The zero-order valence-electron chi connectivity index (χ0n) is 17.9. The minimum atomic E-state index is 0.365. The van der Waals surface area contributed by atoms with E-state index in [-0.39, 0.29) is 0 Å². The van der Waals surface area contributed by atoms with Crippen molar-refractivity contribution in [3.05, 3.63) is 18.3 Å². The van der Waals surface area contributed by atoms with Crippen LogP contribution in [-0.2, 0) is 4.79 Å². The van der Waals surface area contributed by atoms with Crippen molar-refractivity contribution in [2.45, 2.75) is 61.8 Å². The molecule has 2 unspecified atom stereocenters. The van der Waals surface area contributed by atoms with Crippen molar-refractivity contribution in [3.8, 4) is 0 Å². The molecule has 9 heteroatoms. The van der Waals surface area contributed by atoms with Gasteiger partial charge in [0.2, 0.25) is 0 Å². The Hall–Kier alpha value is 1.17. The van der Waals surface area contributed by atoms with Crippen molar-refractivity contribution in [1.29, 1.82) is 0 Å². The SMILES string of the molecule is CC1=C(SCC(=O)CSC2=C(C)SC(N3CCCCC3)S2)SC(N2CCCCC2)S1. The summed E-state index contributed by atoms with van der Waals surface area (Å²) in [5, 5.41) is 0. The van der Waals surface area contributed by atoms with Gasteiger partial charge >= 0.3 is 0 Å². The first kappa shape index (κ1) is 24.3. The van der Waals surface area contributed by atoms with Gasteiger partial charge in [0.25, 0.3) is 0 Å². The van der Waals surface area contributed by atoms with Crippen LogP contribution in [0.3, 0.4) is 0 Å². The Morgan fingerprint density at radius 3 is 1.53 bits per heavy atom. The largest absolute Gasteiger partial charge is 0.298 e. The van der Waals surface area contributed by atoms with Gasteiger partial charge in [0.15, 0.2) is 5.78 Å². The molecule has 4 aliphatic rings. The summed E-state index contributed by atoms with van der Waals surface area (Å²) in [7, 11) is 0. The van der Waals surface area contributed by atoms with Crippen LogP contribution in [0.15, 0.2) is 18.3 Å². The maximum absolute atomic E-state index is 12.6. The van der Waals surface area contributed by atoms with Crippen molar-refractivity contribution >= 4 is 76.4 Å². The molecule has 0 aliphatic carbocycles. The monoisotopic (exact) mass is 520 g/mol. The Morgan fingerprint density at radius 1 is 0.733 bits per heavy atom. The van der Waals surface area contributed by atoms with Gasteiger partial charge in [0.1, 0.15) is 9.41 Å². The van der Waals surface area contributed by atoms with Crippen LogP contribution in [0.4, 0.5) is 0 Å². The smallest absolute Gasteiger partial charge is 0.153 e. The lowest BCUT2D eigenvalue weighted by Gasteiger charge is -2.31. The Morgan fingerprint density at radius 2 is 1.13 bits per heavy atom. The van der Waals surface area contributed by atoms with Crippen LogP contribution in [0.1, 0.15) is 52.4 Å². The molecule has 2 saturated heterocycles. The van der Waals surface area contributed by atoms with Gasteiger partial charge in [0.05, 0.1) is 20.0 Å². The van der Waals surface area contributed by atoms with E-state index < -0.39 is 0 Å². The van der Waals surface area contributed by atoms with Crippen LogP contribution in [0, 0.1) is 0 Å². The van der Waals surface area contributed by atoms with Crippen molar-refractivity contribution in [2.75, 3.05) is 37.7 Å². The molecule has 3 nitrogen and oxygen atoms in total. The number of nitrogens with zero attached hydrogens (tertiary/aromatic N) is 2. The highest BCUT2D eigenvalue weighted by atomic mass is 32.2. The van der Waals surface area contributed by atoms with Crippen LogP contribution >= 0.6 is 70.6 Å². The summed E-state index contributed by atoms with van der Waals surface area (Å²) in [6, 6.07) is 0. The highest BCUT2D eigenvalue weighted by molar-refractivity contribution is 8.33. The molecule has 4 heterocycles. The molecule has 0 bridgehead atoms. The zero-order valence-corrected chi connectivity index (χ0v) is 22.8. The number of rotatable bonds is 8. The first-order valence-electron chi connectivity index (χ1n) is 10.9. The van der Waals surface area contributed by atoms with Crippen molar-refractivity contribution < 1.29 is 4.79 Å². The van der Waals surface area contributed by atoms with E-state index in [4.69, 9.17) is 0 Å². The number of hydrogen-bond acceptors (Lipinski definition) is 9. The minimum Gasteiger partial charge on any atom is -0.298 e. The number of Topliss-reactive ketones (excluding diaryl/α,β-unsaturated/α-hetero) is 1. The molecule has 2 fully saturated rings. The summed E-state index contributed by atoms with van der Waals surface area (Å²) >= 11 is 11.5. The standard InChI is InChI=1S/C21H32N2OS6/c1-15-18(29-20(27-15)22-9-5-3-6-10-22)25-13-17(24)14-26-19-16(2)28-21(30-19)23-11-7-4-8-12-23/h20-21H,3-14H2,1-2H3. The van der Waals surface area contributed by atoms with Gasteiger partial charge in [-0.15, -0.1) is 23.5 Å². The molecule has 0 aromatic carbocycles. The van der Waals surface area contributed by atoms with Gasteiger partial charge in [-0.05, 0) is 39.5 Å². The van der Waals surface area contributed by atoms with Crippen LogP contribution in [0.2, 0.25) is 0 Å². The number of ketones is 1. The van der Waals surface area contributed by atoms with E-state index in [0.717, 1.165) is 0 Å². The second-order valence-corrected chi connectivity index (χ2v) is 15.9. The highest BCUT2D eigenvalue weighted by Crippen LogP contribution is 2.53. The first-order valence-corrected chi connectivity index (χ1v) is 16.4. The number of carbonyl (C=O) groups excluding carboxylic acids is 1. The van der Waals surface area contributed by atoms with Gasteiger partial charge < -0.3 is 0 Å². The fourth-order valence-corrected chi connectivity index (χ4v) is 13.1. The Bertz CT molecular complexity index is 629. The lowest BCUT2D eigenvalue weighted by Crippen LogP contribution is -2.34. The van der Waals surface area contributed by atoms with E-state index in [1.807, 2.05) is 47.0 Å². The molecular weight excluding hydrogens is 489 g/mol. The average molecular weight is 521 g/mol. The summed E-state index contributed by atoms with van der Waals surface area (Å²) in [5.74, 6) is 1.59. The number of carbonyl (C=O) groups is 1. The van der Waals surface area contributed by atoms with E-state index in [9.17, 15) is 4.79 Å². The fourth-order valence-electron chi connectivity index (χ4n) is 3.96. The predicted molar refractivity (Wildman–Crippen MR) is 144 cm³/mol. The van der Waals surface area contributed by atoms with Gasteiger partial charge in [-0.3, -0.25) is 14.6 Å². The quantitative estimate of drug-likeness (QED) is 0.338. The molecule has 2 atom stereocenters. The fraction of sp³-hybridized carbons (Fsp3) is 0.762. The zero-order chi connectivity index (χ0) is 20.9. The van der Waals surface area contributed by atoms with Crippen LogP contribution in [0.5, 0.6) is 0 Å². The molecule has 0 aromatic rings. The number of thioether (sulfide) groups is 6. The summed E-state index contributed by atoms with van der Waals surface area (Å²) in [5.41, 5.74) is 0. The molecule has 0 N–H and O–H groups in total. The molecule has 0 saturated carbocycles. The average Bonchev–Trinajstić information content (AvgIpc) is 3.34. The van der Waals surface area contributed by atoms with E-state index >= 15 is 0 Å². The summed E-state index contributed by atoms with van der Waals surface area (Å²) < 4.78 is 3.81. The lowest BCUT2D eigenvalue weighted by atomic mass is 10.1. The Balaban J connectivity index is 1.17. The third kappa shape index (κ3) is 6.61. The number of piperidine rings is 2. The van der Waals surface area contributed by atoms with Crippen LogP contribution < -0.4 is 0 Å². The predicted octanol–water partition coefficient (Wildman–Crippen LogP) is 6.90. The van der Waals surface area contributed by atoms with Crippen molar-refractivity contribution in [1.82, 2.24) is 9.80 Å². The maximum atomic E-state index is 12.6. The van der Waals surface area contributed by atoms with E-state index in [1.165, 1.54) is 83.0 Å². The number of hydrogen-bond donors (Lipinski definition) is 0. The molecule has 0 amide bonds. The molecule has 0 radical (unpaired) electrons. The first-order chi connectivity index (χ1) is 14.6. The van der Waals surface area contributed by atoms with E-state index in [1.54, 1.807) is 23.5 Å². The van der Waals surface area contributed by atoms with Gasteiger partial charge in [-0.2, -0.15) is 0 Å². The highest BCUT2D eigenvalue weighted by Gasteiger charge is 2.31. The summed E-state index contributed by atoms with van der Waals surface area (Å²) in [4.78, 5) is 20.7. The van der Waals surface area contributed by atoms with Gasteiger partial charge in [0, 0.05) is 36.0 Å². The summed E-state index contributed by atoms with van der Waals surface area (Å²) in [6.07, 6.45) is 8.09. The normalized spacial score (nSPS) is 29.3. The van der Waals surface area contributed by atoms with E-state index in [2.05, 4.69) is 23.6 Å². The second-order valence-electron chi connectivity index (χ2n) is 8.08. The molecule has 30 heavy (non-hydrogen) atoms. The van der Waals surface area contributed by atoms with Gasteiger partial charge in [-0.1, -0.05) is 59.9 Å². The van der Waals surface area contributed by atoms with Crippen LogP contribution in [0.25, 0.3) is 0 Å². The topological polar surface area (TPSA) is 23.6 Å². The number of likely N-dealkylation sites (tertiary alicyclic amines) is 2. The molecule has 168 valence electrons. The van der Waals surface area contributed by atoms with Gasteiger partial charge in [-0.25, -0.2) is 0 Å². The van der Waals surface area contributed by atoms with Crippen molar-refractivity contribution in [2.24, 2.45) is 0 Å². The Kier molecular flexibility index (Phi) is 9.75. The Labute approximate surface area is 207 Å². The molecular formula is C21H32N2OS6. The summed E-state index contributed by atoms with van der Waals surface area (Å²) in [6.45, 7) is 9.37. The van der Waals surface area contributed by atoms with Crippen molar-refractivity contribution in [3.63, 3.8) is 0 Å². The third-order valence-corrected chi connectivity index (χ3v) is 14.8. The third-order valence-electron chi connectivity index (χ3n) is 5.65. The van der Waals surface area contributed by atoms with E-state index in [0.29, 0.717) is 26.7 Å². The molecule has 0 spiro atoms. The number of allylic oxidation sites excluding steroid dienone is 2. The molecule has 0 aromatic heterocycles. The van der Waals surface area contributed by atoms with Crippen LogP contribution in [-0.4, -0.2) is 62.7 Å². The second kappa shape index (κ2) is 12.0.